The monoisotopic (exact) mass is 298 g/mol. The second kappa shape index (κ2) is 1.98. The average Bonchev–Trinajstić information content (AvgIpc) is 2.06. The van der Waals surface area contributed by atoms with Gasteiger partial charge in [-0.2, -0.15) is 0 Å². The van der Waals surface area contributed by atoms with E-state index in [-0.39, 0.29) is 0 Å². The van der Waals surface area contributed by atoms with Crippen LogP contribution in [0.1, 0.15) is 0 Å². The normalized spacial score (nSPS) is 36.0. The molecule has 2 unspecified atom stereocenters. The molecule has 1 radical (unpaired) electrons. The van der Waals surface area contributed by atoms with Gasteiger partial charge in [0.1, 0.15) is 0 Å². The van der Waals surface area contributed by atoms with Crippen molar-refractivity contribution in [2.75, 3.05) is 6.61 Å². The maximum absolute atomic E-state index is 4.91. The molecule has 2 atom stereocenters. The van der Waals surface area contributed by atoms with Crippen LogP contribution in [0.2, 0.25) is 0 Å². The Kier molecular flexibility index (Phi) is 1.77. The zero-order valence-corrected chi connectivity index (χ0v) is 7.19. The van der Waals surface area contributed by atoms with Crippen LogP contribution in [0.25, 0.3) is 0 Å². The van der Waals surface area contributed by atoms with Gasteiger partial charge in [0.15, 0.2) is 0 Å². The summed E-state index contributed by atoms with van der Waals surface area (Å²) in [6, 6.07) is 0. The van der Waals surface area contributed by atoms with Gasteiger partial charge in [-0.15, -0.1) is 0 Å². The Bertz CT molecular complexity index is 52.8. The van der Waals surface area contributed by atoms with Gasteiger partial charge in [-0.1, -0.05) is 0 Å². The summed E-state index contributed by atoms with van der Waals surface area (Å²) in [6.07, 6.45) is 0.503. The Morgan fingerprint density at radius 3 is 2.50 bits per heavy atom. The molecular formula is C3H5OPoS. The first kappa shape index (κ1) is 5.34. The molecule has 6 heavy (non-hydrogen) atoms. The molecule has 1 heterocycles. The van der Waals surface area contributed by atoms with E-state index in [0.29, 0.717) is 9.01 Å². The Morgan fingerprint density at radius 2 is 2.50 bits per heavy atom. The summed E-state index contributed by atoms with van der Waals surface area (Å²) in [5, 5.41) is 0. The predicted octanol–water partition coefficient (Wildman–Crippen LogP) is -0.190. The zero-order chi connectivity index (χ0) is 4.57. The molecule has 0 aromatic heterocycles. The second-order valence-electron chi connectivity index (χ2n) is 1.26. The fourth-order valence-corrected chi connectivity index (χ4v) is 1.00. The van der Waals surface area contributed by atoms with Gasteiger partial charge >= 0.3 is 58.1 Å². The standard InChI is InChI=1S/C3H5OS.Po/c5-2-3-1-4-3;/h2-3,5H,1H2;. The van der Waals surface area contributed by atoms with Crippen molar-refractivity contribution in [3.8, 4) is 0 Å². The number of hydrogen-bond acceptors (Lipinski definition) is 2. The van der Waals surface area contributed by atoms with E-state index in [1.807, 2.05) is 0 Å². The summed E-state index contributed by atoms with van der Waals surface area (Å²) in [5.41, 5.74) is 0. The fraction of sp³-hybridized carbons (Fsp3) is 1.00. The Hall–Kier alpha value is 1.21. The van der Waals surface area contributed by atoms with Crippen molar-refractivity contribution in [1.82, 2.24) is 0 Å². The van der Waals surface area contributed by atoms with E-state index in [2.05, 4.69) is 12.6 Å². The number of thiol groups is 1. The first-order valence-electron chi connectivity index (χ1n) is 1.76. The van der Waals surface area contributed by atoms with Crippen LogP contribution in [-0.2, 0) is 4.74 Å². The molecular weight excluding hydrogens is 293 g/mol. The summed E-state index contributed by atoms with van der Waals surface area (Å²) in [4.78, 5) is 0. The van der Waals surface area contributed by atoms with E-state index in [0.717, 1.165) is 6.61 Å². The quantitative estimate of drug-likeness (QED) is 0.523. The van der Waals surface area contributed by atoms with E-state index in [1.54, 1.807) is 0 Å². The molecule has 1 rings (SSSR count). The van der Waals surface area contributed by atoms with Gasteiger partial charge in [0.25, 0.3) is 0 Å². The Balaban J connectivity index is 2.13. The molecule has 1 aliphatic heterocycles. The maximum atomic E-state index is 4.91. The van der Waals surface area contributed by atoms with Crippen LogP contribution in [-0.4, -0.2) is 40.7 Å². The van der Waals surface area contributed by atoms with Crippen molar-refractivity contribution >= 4 is 37.7 Å². The number of ether oxygens (including phenoxy) is 1. The van der Waals surface area contributed by atoms with Gasteiger partial charge in [-0.05, 0) is 0 Å². The minimum absolute atomic E-state index is 0.503. The third-order valence-corrected chi connectivity index (χ3v) is 2.19. The molecule has 0 amide bonds. The molecule has 0 aromatic carbocycles. The zero-order valence-electron chi connectivity index (χ0n) is 3.13. The van der Waals surface area contributed by atoms with Gasteiger partial charge in [-0.3, -0.25) is 0 Å². The van der Waals surface area contributed by atoms with Crippen LogP contribution in [0.5, 0.6) is 0 Å². The molecule has 3 heteroatoms. The molecule has 0 bridgehead atoms. The molecule has 35 valence electrons. The van der Waals surface area contributed by atoms with E-state index in [4.69, 9.17) is 4.74 Å². The second-order valence-corrected chi connectivity index (χ2v) is 5.29. The Morgan fingerprint density at radius 1 is 2.00 bits per heavy atom. The number of epoxide rings is 1. The molecule has 0 N–H and O–H groups in total. The third-order valence-electron chi connectivity index (χ3n) is 0.677. The van der Waals surface area contributed by atoms with E-state index < -0.39 is 0 Å². The minimum atomic E-state index is 0.503. The van der Waals surface area contributed by atoms with Gasteiger partial charge in [-0.25, -0.2) is 0 Å². The van der Waals surface area contributed by atoms with Crippen molar-refractivity contribution in [2.24, 2.45) is 0 Å². The first-order chi connectivity index (χ1) is 2.80. The van der Waals surface area contributed by atoms with Crippen LogP contribution in [0.15, 0.2) is 0 Å². The summed E-state index contributed by atoms with van der Waals surface area (Å²) >= 11 is 5.68. The van der Waals surface area contributed by atoms with Gasteiger partial charge in [0.2, 0.25) is 0 Å². The van der Waals surface area contributed by atoms with Crippen LogP contribution >= 0.6 is 12.6 Å². The summed E-state index contributed by atoms with van der Waals surface area (Å²) in [7, 11) is 0. The van der Waals surface area contributed by atoms with Crippen LogP contribution in [0.3, 0.4) is 0 Å². The van der Waals surface area contributed by atoms with Crippen molar-refractivity contribution in [1.29, 1.82) is 0 Å². The first-order valence-corrected chi connectivity index (χ1v) is 4.11. The molecule has 1 saturated heterocycles. The molecule has 1 aliphatic rings. The van der Waals surface area contributed by atoms with Crippen LogP contribution in [0.4, 0.5) is 0 Å². The van der Waals surface area contributed by atoms with Gasteiger partial charge in [0, 0.05) is 0 Å². The molecule has 0 aromatic rings. The molecule has 1 nitrogen and oxygen atoms in total. The topological polar surface area (TPSA) is 12.5 Å². The summed E-state index contributed by atoms with van der Waals surface area (Å²) in [6.45, 7) is 0.942. The van der Waals surface area contributed by atoms with Gasteiger partial charge < -0.3 is 0 Å². The van der Waals surface area contributed by atoms with E-state index in [9.17, 15) is 0 Å². The van der Waals surface area contributed by atoms with Crippen molar-refractivity contribution in [3.63, 3.8) is 0 Å². The summed E-state index contributed by atoms with van der Waals surface area (Å²) < 4.78 is 5.43. The average molecular weight is 298 g/mol. The number of hydrogen-bond donors (Lipinski definition) is 1. The van der Waals surface area contributed by atoms with E-state index >= 15 is 0 Å². The number of rotatable bonds is 1. The van der Waals surface area contributed by atoms with E-state index in [1.165, 1.54) is 25.1 Å². The third kappa shape index (κ3) is 1.37. The fourth-order valence-electron chi connectivity index (χ4n) is 0.220. The molecule has 0 saturated carbocycles. The van der Waals surface area contributed by atoms with Crippen molar-refractivity contribution < 1.29 is 4.74 Å². The SMILES string of the molecule is S[CH]([Po])C1CO1. The van der Waals surface area contributed by atoms with Crippen LogP contribution < -0.4 is 0 Å². The van der Waals surface area contributed by atoms with Crippen LogP contribution in [0, 0.1) is 0 Å². The molecule has 0 aliphatic carbocycles. The van der Waals surface area contributed by atoms with Crippen molar-refractivity contribution in [3.05, 3.63) is 0 Å². The molecule has 0 spiro atoms. The summed E-state index contributed by atoms with van der Waals surface area (Å²) in [5.74, 6) is 0. The molecule has 1 fully saturated rings. The predicted molar refractivity (Wildman–Crippen MR) is 28.3 cm³/mol. The van der Waals surface area contributed by atoms with Gasteiger partial charge in [0.05, 0.1) is 0 Å². The Labute approximate surface area is 58.0 Å². The van der Waals surface area contributed by atoms with Crippen molar-refractivity contribution in [2.45, 2.75) is 9.01 Å².